The standard InChI is InChI=1S/C14H20N2O2/c1-9-10(2)12(8-13(15)11(9)3)14(17)16-4-6-18-7-5-16/h8H,4-7,15H2,1-3H3. The van der Waals surface area contributed by atoms with Gasteiger partial charge in [-0.25, -0.2) is 0 Å². The predicted octanol–water partition coefficient (Wildman–Crippen LogP) is 1.67. The molecule has 2 rings (SSSR count). The lowest BCUT2D eigenvalue weighted by atomic mass is 9.96. The molecule has 1 fully saturated rings. The second-order valence-corrected chi connectivity index (χ2v) is 4.79. The van der Waals surface area contributed by atoms with Crippen LogP contribution in [-0.4, -0.2) is 37.1 Å². The van der Waals surface area contributed by atoms with Gasteiger partial charge in [-0.1, -0.05) is 0 Å². The van der Waals surface area contributed by atoms with Crippen molar-refractivity contribution in [1.29, 1.82) is 0 Å². The number of nitrogen functional groups attached to an aromatic ring is 1. The van der Waals surface area contributed by atoms with Gasteiger partial charge in [0.2, 0.25) is 0 Å². The maximum absolute atomic E-state index is 12.5. The van der Waals surface area contributed by atoms with Crippen LogP contribution in [0.15, 0.2) is 6.07 Å². The number of ether oxygens (including phenoxy) is 1. The molecular formula is C14H20N2O2. The summed E-state index contributed by atoms with van der Waals surface area (Å²) in [5.41, 5.74) is 10.6. The Balaban J connectivity index is 2.35. The molecule has 0 atom stereocenters. The van der Waals surface area contributed by atoms with Crippen molar-refractivity contribution in [3.8, 4) is 0 Å². The van der Waals surface area contributed by atoms with E-state index in [4.69, 9.17) is 10.5 Å². The molecule has 1 saturated heterocycles. The monoisotopic (exact) mass is 248 g/mol. The molecule has 1 aliphatic heterocycles. The first-order chi connectivity index (χ1) is 8.52. The van der Waals surface area contributed by atoms with E-state index in [-0.39, 0.29) is 5.91 Å². The quantitative estimate of drug-likeness (QED) is 0.769. The second kappa shape index (κ2) is 4.98. The molecular weight excluding hydrogens is 228 g/mol. The van der Waals surface area contributed by atoms with E-state index in [9.17, 15) is 4.79 Å². The Kier molecular flexibility index (Phi) is 3.57. The number of anilines is 1. The molecule has 0 aliphatic carbocycles. The number of benzene rings is 1. The minimum Gasteiger partial charge on any atom is -0.398 e. The van der Waals surface area contributed by atoms with Gasteiger partial charge in [-0.3, -0.25) is 4.79 Å². The Morgan fingerprint density at radius 2 is 1.78 bits per heavy atom. The van der Waals surface area contributed by atoms with Crippen molar-refractivity contribution in [2.75, 3.05) is 32.0 Å². The van der Waals surface area contributed by atoms with Gasteiger partial charge in [0.15, 0.2) is 0 Å². The van der Waals surface area contributed by atoms with E-state index in [0.29, 0.717) is 32.0 Å². The Labute approximate surface area is 108 Å². The lowest BCUT2D eigenvalue weighted by molar-refractivity contribution is 0.0302. The lowest BCUT2D eigenvalue weighted by Gasteiger charge is -2.28. The summed E-state index contributed by atoms with van der Waals surface area (Å²) in [4.78, 5) is 14.3. The molecule has 4 heteroatoms. The molecule has 1 aromatic carbocycles. The number of nitrogens with two attached hydrogens (primary N) is 1. The zero-order valence-electron chi connectivity index (χ0n) is 11.2. The Morgan fingerprint density at radius 3 is 2.39 bits per heavy atom. The first kappa shape index (κ1) is 12.9. The zero-order chi connectivity index (χ0) is 13.3. The number of morpholine rings is 1. The van der Waals surface area contributed by atoms with Gasteiger partial charge in [-0.15, -0.1) is 0 Å². The third-order valence-electron chi connectivity index (χ3n) is 3.79. The molecule has 1 amide bonds. The van der Waals surface area contributed by atoms with Crippen LogP contribution in [0.3, 0.4) is 0 Å². The lowest BCUT2D eigenvalue weighted by Crippen LogP contribution is -2.41. The molecule has 1 heterocycles. The van der Waals surface area contributed by atoms with Gasteiger partial charge in [0.05, 0.1) is 13.2 Å². The fourth-order valence-electron chi connectivity index (χ4n) is 2.23. The second-order valence-electron chi connectivity index (χ2n) is 4.79. The molecule has 0 aromatic heterocycles. The number of hydrogen-bond acceptors (Lipinski definition) is 3. The van der Waals surface area contributed by atoms with E-state index >= 15 is 0 Å². The summed E-state index contributed by atoms with van der Waals surface area (Å²) in [5, 5.41) is 0. The highest BCUT2D eigenvalue weighted by Gasteiger charge is 2.21. The Hall–Kier alpha value is -1.55. The zero-order valence-corrected chi connectivity index (χ0v) is 11.2. The van der Waals surface area contributed by atoms with Crippen molar-refractivity contribution in [1.82, 2.24) is 4.90 Å². The summed E-state index contributed by atoms with van der Waals surface area (Å²) in [5.74, 6) is 0.0607. The van der Waals surface area contributed by atoms with Crippen LogP contribution in [0.25, 0.3) is 0 Å². The van der Waals surface area contributed by atoms with Crippen LogP contribution in [0.2, 0.25) is 0 Å². The SMILES string of the molecule is Cc1c(N)cc(C(=O)N2CCOCC2)c(C)c1C. The third kappa shape index (κ3) is 2.20. The van der Waals surface area contributed by atoms with Crippen molar-refractivity contribution in [2.24, 2.45) is 0 Å². The van der Waals surface area contributed by atoms with Crippen LogP contribution in [-0.2, 0) is 4.74 Å². The van der Waals surface area contributed by atoms with Gasteiger partial charge in [0.25, 0.3) is 5.91 Å². The van der Waals surface area contributed by atoms with E-state index < -0.39 is 0 Å². The Morgan fingerprint density at radius 1 is 1.17 bits per heavy atom. The number of nitrogens with zero attached hydrogens (tertiary/aromatic N) is 1. The van der Waals surface area contributed by atoms with E-state index in [1.807, 2.05) is 25.7 Å². The van der Waals surface area contributed by atoms with Gasteiger partial charge in [-0.2, -0.15) is 0 Å². The van der Waals surface area contributed by atoms with Crippen molar-refractivity contribution in [2.45, 2.75) is 20.8 Å². The number of hydrogen-bond donors (Lipinski definition) is 1. The van der Waals surface area contributed by atoms with E-state index in [0.717, 1.165) is 22.3 Å². The number of amides is 1. The summed E-state index contributed by atoms with van der Waals surface area (Å²) in [6.07, 6.45) is 0. The average molecular weight is 248 g/mol. The van der Waals surface area contributed by atoms with Gasteiger partial charge in [0.1, 0.15) is 0 Å². The number of carbonyl (C=O) groups is 1. The molecule has 1 aliphatic rings. The minimum absolute atomic E-state index is 0.0607. The first-order valence-electron chi connectivity index (χ1n) is 6.25. The molecule has 1 aromatic rings. The smallest absolute Gasteiger partial charge is 0.254 e. The summed E-state index contributed by atoms with van der Waals surface area (Å²) < 4.78 is 5.26. The molecule has 18 heavy (non-hydrogen) atoms. The van der Waals surface area contributed by atoms with Crippen LogP contribution in [0.5, 0.6) is 0 Å². The van der Waals surface area contributed by atoms with Crippen molar-refractivity contribution in [3.05, 3.63) is 28.3 Å². The summed E-state index contributed by atoms with van der Waals surface area (Å²) >= 11 is 0. The molecule has 98 valence electrons. The molecule has 2 N–H and O–H groups in total. The highest BCUT2D eigenvalue weighted by molar-refractivity contribution is 5.97. The average Bonchev–Trinajstić information content (AvgIpc) is 2.41. The highest BCUT2D eigenvalue weighted by atomic mass is 16.5. The van der Waals surface area contributed by atoms with E-state index in [1.54, 1.807) is 6.07 Å². The Bertz CT molecular complexity index is 477. The van der Waals surface area contributed by atoms with Crippen LogP contribution in [0.4, 0.5) is 5.69 Å². The number of carbonyl (C=O) groups excluding carboxylic acids is 1. The molecule has 4 nitrogen and oxygen atoms in total. The van der Waals surface area contributed by atoms with Gasteiger partial charge < -0.3 is 15.4 Å². The fraction of sp³-hybridized carbons (Fsp3) is 0.500. The van der Waals surface area contributed by atoms with Crippen molar-refractivity contribution >= 4 is 11.6 Å². The van der Waals surface area contributed by atoms with E-state index in [2.05, 4.69) is 0 Å². The summed E-state index contributed by atoms with van der Waals surface area (Å²) in [6.45, 7) is 8.53. The van der Waals surface area contributed by atoms with Crippen molar-refractivity contribution in [3.63, 3.8) is 0 Å². The molecule has 0 spiro atoms. The van der Waals surface area contributed by atoms with Crippen LogP contribution < -0.4 is 5.73 Å². The largest absolute Gasteiger partial charge is 0.398 e. The minimum atomic E-state index is 0.0607. The van der Waals surface area contributed by atoms with Crippen LogP contribution >= 0.6 is 0 Å². The topological polar surface area (TPSA) is 55.6 Å². The predicted molar refractivity (Wildman–Crippen MR) is 71.8 cm³/mol. The fourth-order valence-corrected chi connectivity index (χ4v) is 2.23. The number of rotatable bonds is 1. The molecule has 0 radical (unpaired) electrons. The third-order valence-corrected chi connectivity index (χ3v) is 3.79. The summed E-state index contributed by atoms with van der Waals surface area (Å²) in [6, 6.07) is 1.80. The first-order valence-corrected chi connectivity index (χ1v) is 6.25. The maximum Gasteiger partial charge on any atom is 0.254 e. The van der Waals surface area contributed by atoms with Crippen LogP contribution in [0, 0.1) is 20.8 Å². The van der Waals surface area contributed by atoms with Gasteiger partial charge in [-0.05, 0) is 43.5 Å². The molecule has 0 bridgehead atoms. The normalized spacial score (nSPS) is 15.8. The van der Waals surface area contributed by atoms with Gasteiger partial charge >= 0.3 is 0 Å². The highest BCUT2D eigenvalue weighted by Crippen LogP contribution is 2.24. The van der Waals surface area contributed by atoms with Crippen LogP contribution in [0.1, 0.15) is 27.0 Å². The van der Waals surface area contributed by atoms with Crippen molar-refractivity contribution < 1.29 is 9.53 Å². The van der Waals surface area contributed by atoms with Gasteiger partial charge in [0, 0.05) is 24.3 Å². The molecule has 0 saturated carbocycles. The van der Waals surface area contributed by atoms with E-state index in [1.165, 1.54) is 0 Å². The molecule has 0 unspecified atom stereocenters. The summed E-state index contributed by atoms with van der Waals surface area (Å²) in [7, 11) is 0. The maximum atomic E-state index is 12.5.